The number of aliphatic hydroxyl groups is 1. The van der Waals surface area contributed by atoms with Gasteiger partial charge >= 0.3 is 0 Å². The molecule has 1 saturated carbocycles. The van der Waals surface area contributed by atoms with Crippen molar-refractivity contribution in [2.45, 2.75) is 45.1 Å². The molecule has 1 heterocycles. The molecule has 1 unspecified atom stereocenters. The molecule has 1 aliphatic heterocycles. The Morgan fingerprint density at radius 2 is 1.75 bits per heavy atom. The van der Waals surface area contributed by atoms with Gasteiger partial charge in [-0.2, -0.15) is 0 Å². The van der Waals surface area contributed by atoms with E-state index in [1.165, 1.54) is 24.8 Å². The number of aryl methyl sites for hydroxylation is 1. The summed E-state index contributed by atoms with van der Waals surface area (Å²) in [6.07, 6.45) is 7.78. The van der Waals surface area contributed by atoms with Crippen LogP contribution in [0.1, 0.15) is 37.7 Å². The molecule has 0 saturated heterocycles. The van der Waals surface area contributed by atoms with Gasteiger partial charge in [0.25, 0.3) is 5.91 Å². The van der Waals surface area contributed by atoms with Crippen LogP contribution in [0, 0.1) is 12.8 Å². The molecular formula is C17H21NO2. The number of amides is 1. The number of aliphatic hydroxyl groups excluding tert-OH is 1. The van der Waals surface area contributed by atoms with Crippen molar-refractivity contribution in [1.29, 1.82) is 0 Å². The van der Waals surface area contributed by atoms with Gasteiger partial charge < -0.3 is 5.11 Å². The quantitative estimate of drug-likeness (QED) is 0.890. The van der Waals surface area contributed by atoms with E-state index < -0.39 is 0 Å². The van der Waals surface area contributed by atoms with Crippen LogP contribution in [0.3, 0.4) is 0 Å². The third-order valence-corrected chi connectivity index (χ3v) is 4.51. The van der Waals surface area contributed by atoms with E-state index in [-0.39, 0.29) is 17.7 Å². The molecule has 1 amide bonds. The molecule has 2 aliphatic rings. The van der Waals surface area contributed by atoms with E-state index in [9.17, 15) is 9.90 Å². The van der Waals surface area contributed by atoms with Crippen molar-refractivity contribution in [3.63, 3.8) is 0 Å². The van der Waals surface area contributed by atoms with Gasteiger partial charge in [0.05, 0.1) is 6.04 Å². The monoisotopic (exact) mass is 271 g/mol. The van der Waals surface area contributed by atoms with Crippen molar-refractivity contribution in [1.82, 2.24) is 0 Å². The van der Waals surface area contributed by atoms with Gasteiger partial charge in [0, 0.05) is 5.69 Å². The summed E-state index contributed by atoms with van der Waals surface area (Å²) in [5.41, 5.74) is 2.06. The second-order valence-electron chi connectivity index (χ2n) is 5.95. The lowest BCUT2D eigenvalue weighted by Gasteiger charge is -2.33. The molecule has 3 heteroatoms. The maximum atomic E-state index is 12.3. The summed E-state index contributed by atoms with van der Waals surface area (Å²) in [6.45, 7) is 2.03. The fraction of sp³-hybridized carbons (Fsp3) is 0.471. The minimum Gasteiger partial charge on any atom is -0.503 e. The Bertz CT molecular complexity index is 526. The van der Waals surface area contributed by atoms with Crippen LogP contribution in [0.15, 0.2) is 36.1 Å². The van der Waals surface area contributed by atoms with Crippen LogP contribution in [0.5, 0.6) is 0 Å². The van der Waals surface area contributed by atoms with Crippen molar-refractivity contribution in [2.75, 3.05) is 4.90 Å². The van der Waals surface area contributed by atoms with Crippen LogP contribution in [0.25, 0.3) is 0 Å². The number of rotatable bonds is 2. The van der Waals surface area contributed by atoms with Gasteiger partial charge in [0.2, 0.25) is 0 Å². The van der Waals surface area contributed by atoms with E-state index in [2.05, 4.69) is 0 Å². The van der Waals surface area contributed by atoms with Gasteiger partial charge in [0.1, 0.15) is 0 Å². The molecule has 1 N–H and O–H groups in total. The first kappa shape index (κ1) is 13.2. The van der Waals surface area contributed by atoms with Crippen LogP contribution >= 0.6 is 0 Å². The highest BCUT2D eigenvalue weighted by atomic mass is 16.3. The normalized spacial score (nSPS) is 24.1. The summed E-state index contributed by atoms with van der Waals surface area (Å²) >= 11 is 0. The van der Waals surface area contributed by atoms with Gasteiger partial charge in [0.15, 0.2) is 5.76 Å². The van der Waals surface area contributed by atoms with Crippen molar-refractivity contribution >= 4 is 11.6 Å². The molecule has 3 nitrogen and oxygen atoms in total. The average molecular weight is 271 g/mol. The number of hydrogen-bond acceptors (Lipinski definition) is 2. The van der Waals surface area contributed by atoms with Crippen LogP contribution in [-0.2, 0) is 4.79 Å². The van der Waals surface area contributed by atoms with E-state index in [1.54, 1.807) is 11.0 Å². The maximum Gasteiger partial charge on any atom is 0.293 e. The van der Waals surface area contributed by atoms with Gasteiger partial charge in [-0.05, 0) is 43.9 Å². The van der Waals surface area contributed by atoms with E-state index in [0.717, 1.165) is 18.5 Å². The summed E-state index contributed by atoms with van der Waals surface area (Å²) in [4.78, 5) is 14.0. The molecule has 1 aliphatic carbocycles. The van der Waals surface area contributed by atoms with Crippen molar-refractivity contribution in [3.05, 3.63) is 41.7 Å². The van der Waals surface area contributed by atoms with Crippen LogP contribution < -0.4 is 4.90 Å². The number of hydrogen-bond donors (Lipinski definition) is 1. The number of anilines is 1. The molecular weight excluding hydrogens is 250 g/mol. The zero-order valence-corrected chi connectivity index (χ0v) is 11.9. The first-order valence-electron chi connectivity index (χ1n) is 7.48. The molecule has 20 heavy (non-hydrogen) atoms. The van der Waals surface area contributed by atoms with Gasteiger partial charge in [-0.15, -0.1) is 0 Å². The van der Waals surface area contributed by atoms with Gasteiger partial charge in [-0.25, -0.2) is 0 Å². The van der Waals surface area contributed by atoms with Crippen molar-refractivity contribution in [3.8, 4) is 0 Å². The molecule has 1 fully saturated rings. The summed E-state index contributed by atoms with van der Waals surface area (Å²) in [6, 6.07) is 7.97. The summed E-state index contributed by atoms with van der Waals surface area (Å²) in [5.74, 6) is 0.115. The lowest BCUT2D eigenvalue weighted by Crippen LogP contribution is -2.40. The number of nitrogens with zero attached hydrogens (tertiary/aromatic N) is 1. The minimum absolute atomic E-state index is 0.0190. The zero-order valence-electron chi connectivity index (χ0n) is 11.9. The molecule has 0 bridgehead atoms. The van der Waals surface area contributed by atoms with Gasteiger partial charge in [-0.1, -0.05) is 37.0 Å². The first-order valence-corrected chi connectivity index (χ1v) is 7.48. The molecule has 106 valence electrons. The summed E-state index contributed by atoms with van der Waals surface area (Å²) in [7, 11) is 0. The van der Waals surface area contributed by atoms with E-state index >= 15 is 0 Å². The van der Waals surface area contributed by atoms with Crippen LogP contribution in [0.4, 0.5) is 5.69 Å². The Balaban J connectivity index is 1.90. The smallest absolute Gasteiger partial charge is 0.293 e. The van der Waals surface area contributed by atoms with E-state index in [0.29, 0.717) is 5.92 Å². The Morgan fingerprint density at radius 1 is 1.10 bits per heavy atom. The number of benzene rings is 1. The molecule has 0 aromatic heterocycles. The lowest BCUT2D eigenvalue weighted by molar-refractivity contribution is -0.117. The standard InChI is InChI=1S/C17H21NO2/c1-12-7-9-14(10-8-12)18-15(11-16(19)17(18)20)13-5-3-2-4-6-13/h7-11,13,15,19H,2-6H2,1H3. The van der Waals surface area contributed by atoms with Crippen LogP contribution in [-0.4, -0.2) is 17.1 Å². The molecule has 0 spiro atoms. The molecule has 3 rings (SSSR count). The lowest BCUT2D eigenvalue weighted by atomic mass is 9.83. The van der Waals surface area contributed by atoms with Crippen LogP contribution in [0.2, 0.25) is 0 Å². The second kappa shape index (κ2) is 5.31. The third-order valence-electron chi connectivity index (χ3n) is 4.51. The topological polar surface area (TPSA) is 40.5 Å². The highest BCUT2D eigenvalue weighted by molar-refractivity contribution is 6.07. The Labute approximate surface area is 119 Å². The molecule has 1 aromatic rings. The average Bonchev–Trinajstić information content (AvgIpc) is 2.77. The third kappa shape index (κ3) is 2.33. The highest BCUT2D eigenvalue weighted by Crippen LogP contribution is 2.36. The maximum absolute atomic E-state index is 12.3. The van der Waals surface area contributed by atoms with Gasteiger partial charge in [-0.3, -0.25) is 9.69 Å². The molecule has 1 aromatic carbocycles. The second-order valence-corrected chi connectivity index (χ2v) is 5.95. The predicted molar refractivity (Wildman–Crippen MR) is 79.7 cm³/mol. The highest BCUT2D eigenvalue weighted by Gasteiger charge is 2.38. The predicted octanol–water partition coefficient (Wildman–Crippen LogP) is 3.73. The fourth-order valence-corrected chi connectivity index (χ4v) is 3.38. The molecule has 1 atom stereocenters. The van der Waals surface area contributed by atoms with Crippen molar-refractivity contribution in [2.24, 2.45) is 5.92 Å². The largest absolute Gasteiger partial charge is 0.503 e. The number of carbonyl (C=O) groups is 1. The zero-order chi connectivity index (χ0) is 14.1. The van der Waals surface area contributed by atoms with E-state index in [4.69, 9.17) is 0 Å². The van der Waals surface area contributed by atoms with E-state index in [1.807, 2.05) is 31.2 Å². The minimum atomic E-state index is -0.260. The Hall–Kier alpha value is -1.77. The summed E-state index contributed by atoms with van der Waals surface area (Å²) < 4.78 is 0. The first-order chi connectivity index (χ1) is 9.66. The summed E-state index contributed by atoms with van der Waals surface area (Å²) in [5, 5.41) is 9.85. The van der Waals surface area contributed by atoms with Crippen molar-refractivity contribution < 1.29 is 9.90 Å². The SMILES string of the molecule is Cc1ccc(N2C(=O)C(O)=CC2C2CCCCC2)cc1. The number of carbonyl (C=O) groups excluding carboxylic acids is 1. The fourth-order valence-electron chi connectivity index (χ4n) is 3.38. The Morgan fingerprint density at radius 3 is 2.40 bits per heavy atom. The molecule has 0 radical (unpaired) electrons. The Kier molecular flexibility index (Phi) is 3.51.